The fourth-order valence-corrected chi connectivity index (χ4v) is 3.81. The van der Waals surface area contributed by atoms with E-state index in [9.17, 15) is 9.59 Å². The Hall–Kier alpha value is -4.00. The van der Waals surface area contributed by atoms with Crippen molar-refractivity contribution in [3.8, 4) is 11.5 Å². The van der Waals surface area contributed by atoms with Gasteiger partial charge in [0.1, 0.15) is 13.2 Å². The molecule has 0 saturated heterocycles. The van der Waals surface area contributed by atoms with Crippen LogP contribution in [0.5, 0.6) is 11.5 Å². The van der Waals surface area contributed by atoms with Crippen LogP contribution >= 0.6 is 0 Å². The number of carbonyl (C=O) groups is 1. The molecule has 1 amide bonds. The SMILES string of the molecule is CCn1c(=O)n(CC(=O)NCc2ccc(OCc3ccccc3)c(OC)c2)c2ccccc21. The van der Waals surface area contributed by atoms with Crippen LogP contribution in [-0.4, -0.2) is 22.2 Å². The van der Waals surface area contributed by atoms with E-state index in [0.717, 1.165) is 22.2 Å². The Labute approximate surface area is 192 Å². The average molecular weight is 446 g/mol. The second-order valence-electron chi connectivity index (χ2n) is 7.64. The van der Waals surface area contributed by atoms with E-state index in [0.29, 0.717) is 31.2 Å². The summed E-state index contributed by atoms with van der Waals surface area (Å²) < 4.78 is 14.5. The molecule has 1 aromatic heterocycles. The molecule has 0 aliphatic rings. The zero-order chi connectivity index (χ0) is 23.2. The molecule has 0 aliphatic carbocycles. The molecule has 7 nitrogen and oxygen atoms in total. The van der Waals surface area contributed by atoms with Gasteiger partial charge in [0.2, 0.25) is 5.91 Å². The number of benzene rings is 3. The minimum Gasteiger partial charge on any atom is -0.493 e. The highest BCUT2D eigenvalue weighted by Crippen LogP contribution is 2.28. The summed E-state index contributed by atoms with van der Waals surface area (Å²) in [5.41, 5.74) is 3.33. The summed E-state index contributed by atoms with van der Waals surface area (Å²) in [5, 5.41) is 2.89. The zero-order valence-corrected chi connectivity index (χ0v) is 18.8. The standard InChI is InChI=1S/C26H27N3O4/c1-3-28-21-11-7-8-12-22(21)29(26(28)31)17-25(30)27-16-20-13-14-23(24(15-20)32-2)33-18-19-9-5-4-6-10-19/h4-15H,3,16-18H2,1-2H3,(H,27,30). The lowest BCUT2D eigenvalue weighted by atomic mass is 10.2. The lowest BCUT2D eigenvalue weighted by Crippen LogP contribution is -2.32. The molecule has 0 unspecified atom stereocenters. The fraction of sp³-hybridized carbons (Fsp3) is 0.231. The van der Waals surface area contributed by atoms with Crippen molar-refractivity contribution in [1.29, 1.82) is 0 Å². The van der Waals surface area contributed by atoms with Crippen LogP contribution in [0.25, 0.3) is 11.0 Å². The molecule has 3 aromatic carbocycles. The van der Waals surface area contributed by atoms with Gasteiger partial charge in [-0.05, 0) is 42.3 Å². The first kappa shape index (κ1) is 22.2. The summed E-state index contributed by atoms with van der Waals surface area (Å²) >= 11 is 0. The number of fused-ring (bicyclic) bond motifs is 1. The number of carbonyl (C=O) groups excluding carboxylic acids is 1. The predicted octanol–water partition coefficient (Wildman–Crippen LogP) is 3.73. The molecular weight excluding hydrogens is 418 g/mol. The lowest BCUT2D eigenvalue weighted by Gasteiger charge is -2.13. The number of ether oxygens (including phenoxy) is 2. The van der Waals surface area contributed by atoms with Crippen LogP contribution in [0.15, 0.2) is 77.6 Å². The van der Waals surface area contributed by atoms with Gasteiger partial charge in [-0.1, -0.05) is 48.5 Å². The maximum atomic E-state index is 12.7. The summed E-state index contributed by atoms with van der Waals surface area (Å²) in [6.07, 6.45) is 0. The third kappa shape index (κ3) is 4.92. The molecule has 0 spiro atoms. The van der Waals surface area contributed by atoms with Crippen LogP contribution in [0.3, 0.4) is 0 Å². The molecule has 0 saturated carbocycles. The first-order valence-corrected chi connectivity index (χ1v) is 10.9. The molecule has 170 valence electrons. The van der Waals surface area contributed by atoms with Gasteiger partial charge in [0, 0.05) is 13.1 Å². The highest BCUT2D eigenvalue weighted by molar-refractivity contribution is 5.81. The van der Waals surface area contributed by atoms with Crippen LogP contribution in [0.4, 0.5) is 0 Å². The Morgan fingerprint density at radius 1 is 0.879 bits per heavy atom. The minimum absolute atomic E-state index is 0.0399. The quantitative estimate of drug-likeness (QED) is 0.426. The number of amides is 1. The van der Waals surface area contributed by atoms with Gasteiger partial charge in [0.05, 0.1) is 18.1 Å². The van der Waals surface area contributed by atoms with Crippen molar-refractivity contribution in [1.82, 2.24) is 14.5 Å². The van der Waals surface area contributed by atoms with Crippen molar-refractivity contribution in [3.05, 3.63) is 94.4 Å². The minimum atomic E-state index is -0.237. The normalized spacial score (nSPS) is 10.8. The van der Waals surface area contributed by atoms with Gasteiger partial charge >= 0.3 is 5.69 Å². The van der Waals surface area contributed by atoms with Crippen molar-refractivity contribution in [2.75, 3.05) is 7.11 Å². The number of imidazole rings is 1. The highest BCUT2D eigenvalue weighted by atomic mass is 16.5. The van der Waals surface area contributed by atoms with Gasteiger partial charge < -0.3 is 14.8 Å². The Morgan fingerprint density at radius 3 is 2.27 bits per heavy atom. The number of aromatic nitrogens is 2. The lowest BCUT2D eigenvalue weighted by molar-refractivity contribution is -0.121. The first-order valence-electron chi connectivity index (χ1n) is 10.9. The van der Waals surface area contributed by atoms with E-state index in [1.54, 1.807) is 11.7 Å². The second kappa shape index (κ2) is 10.1. The molecule has 0 fully saturated rings. The molecule has 33 heavy (non-hydrogen) atoms. The molecule has 0 atom stereocenters. The average Bonchev–Trinajstić information content (AvgIpc) is 3.12. The van der Waals surface area contributed by atoms with Gasteiger partial charge in [-0.15, -0.1) is 0 Å². The number of rotatable bonds is 9. The molecule has 0 aliphatic heterocycles. The summed E-state index contributed by atoms with van der Waals surface area (Å²) in [7, 11) is 1.59. The monoisotopic (exact) mass is 445 g/mol. The Balaban J connectivity index is 1.41. The second-order valence-corrected chi connectivity index (χ2v) is 7.64. The Kier molecular flexibility index (Phi) is 6.78. The number of nitrogens with zero attached hydrogens (tertiary/aromatic N) is 2. The number of hydrogen-bond donors (Lipinski definition) is 1. The fourth-order valence-electron chi connectivity index (χ4n) is 3.81. The molecule has 0 radical (unpaired) electrons. The van der Waals surface area contributed by atoms with Crippen LogP contribution in [0, 0.1) is 0 Å². The highest BCUT2D eigenvalue weighted by Gasteiger charge is 2.14. The molecule has 0 bridgehead atoms. The Bertz CT molecular complexity index is 1310. The maximum Gasteiger partial charge on any atom is 0.329 e. The smallest absolute Gasteiger partial charge is 0.329 e. The number of nitrogens with one attached hydrogen (secondary N) is 1. The van der Waals surface area contributed by atoms with E-state index >= 15 is 0 Å². The number of hydrogen-bond acceptors (Lipinski definition) is 4. The van der Waals surface area contributed by atoms with Gasteiger partial charge in [-0.3, -0.25) is 13.9 Å². The van der Waals surface area contributed by atoms with E-state index < -0.39 is 0 Å². The van der Waals surface area contributed by atoms with E-state index in [2.05, 4.69) is 5.32 Å². The third-order valence-electron chi connectivity index (χ3n) is 5.50. The zero-order valence-electron chi connectivity index (χ0n) is 18.8. The van der Waals surface area contributed by atoms with Crippen LogP contribution in [0.2, 0.25) is 0 Å². The van der Waals surface area contributed by atoms with E-state index in [1.165, 1.54) is 4.57 Å². The van der Waals surface area contributed by atoms with E-state index in [4.69, 9.17) is 9.47 Å². The molecule has 4 rings (SSSR count). The predicted molar refractivity (Wildman–Crippen MR) is 127 cm³/mol. The summed E-state index contributed by atoms with van der Waals surface area (Å²) in [6, 6.07) is 23.0. The summed E-state index contributed by atoms with van der Waals surface area (Å²) in [4.78, 5) is 25.4. The Morgan fingerprint density at radius 2 is 1.58 bits per heavy atom. The van der Waals surface area contributed by atoms with Gasteiger partial charge in [0.25, 0.3) is 0 Å². The van der Waals surface area contributed by atoms with Gasteiger partial charge in [-0.2, -0.15) is 0 Å². The summed E-state index contributed by atoms with van der Waals surface area (Å²) in [6.45, 7) is 3.18. The molecule has 4 aromatic rings. The largest absolute Gasteiger partial charge is 0.493 e. The van der Waals surface area contributed by atoms with Crippen molar-refractivity contribution >= 4 is 16.9 Å². The molecule has 1 N–H and O–H groups in total. The topological polar surface area (TPSA) is 74.5 Å². The van der Waals surface area contributed by atoms with Crippen LogP contribution in [-0.2, 0) is 31.0 Å². The van der Waals surface area contributed by atoms with Gasteiger partial charge in [0.15, 0.2) is 11.5 Å². The molecule has 7 heteroatoms. The van der Waals surface area contributed by atoms with E-state index in [-0.39, 0.29) is 18.1 Å². The number of methoxy groups -OCH3 is 1. The third-order valence-corrected chi connectivity index (χ3v) is 5.50. The first-order chi connectivity index (χ1) is 16.1. The maximum absolute atomic E-state index is 12.7. The number of aryl methyl sites for hydroxylation is 1. The molecular formula is C26H27N3O4. The van der Waals surface area contributed by atoms with E-state index in [1.807, 2.05) is 79.7 Å². The number of para-hydroxylation sites is 2. The van der Waals surface area contributed by atoms with Gasteiger partial charge in [-0.25, -0.2) is 4.79 Å². The molecule has 1 heterocycles. The summed E-state index contributed by atoms with van der Waals surface area (Å²) in [5.74, 6) is 0.995. The van der Waals surface area contributed by atoms with Crippen molar-refractivity contribution in [3.63, 3.8) is 0 Å². The van der Waals surface area contributed by atoms with Crippen molar-refractivity contribution in [2.45, 2.75) is 33.2 Å². The van der Waals surface area contributed by atoms with Crippen LogP contribution < -0.4 is 20.5 Å². The van der Waals surface area contributed by atoms with Crippen molar-refractivity contribution in [2.24, 2.45) is 0 Å². The van der Waals surface area contributed by atoms with Crippen LogP contribution in [0.1, 0.15) is 18.1 Å². The van der Waals surface area contributed by atoms with Crippen molar-refractivity contribution < 1.29 is 14.3 Å².